The summed E-state index contributed by atoms with van der Waals surface area (Å²) in [5, 5.41) is 7.41. The number of rotatable bonds is 3. The van der Waals surface area contributed by atoms with Crippen LogP contribution in [0.15, 0.2) is 29.6 Å². The van der Waals surface area contributed by atoms with Crippen LogP contribution >= 0.6 is 22.7 Å². The Morgan fingerprint density at radius 2 is 1.74 bits per heavy atom. The molecule has 0 saturated heterocycles. The van der Waals surface area contributed by atoms with Gasteiger partial charge < -0.3 is 10.1 Å². The van der Waals surface area contributed by atoms with Crippen LogP contribution in [-0.2, 0) is 4.79 Å². The van der Waals surface area contributed by atoms with E-state index in [1.807, 2.05) is 13.8 Å². The first-order valence-corrected chi connectivity index (χ1v) is 8.86. The minimum absolute atomic E-state index is 0.750. The Kier molecular flexibility index (Phi) is 6.01. The standard InChI is InChI=1S/C15H15N3S2.C2H4O/c1-9-4-6-12(7-5-9)17-15-18-13(8-19-15)14-10(2)16-11(3)20-14;1-2-3/h4-8H,1-3H3,(H,17,18);2H,1H3. The molecular weight excluding hydrogens is 326 g/mol. The summed E-state index contributed by atoms with van der Waals surface area (Å²) < 4.78 is 0. The third-order valence-corrected chi connectivity index (χ3v) is 4.80. The summed E-state index contributed by atoms with van der Waals surface area (Å²) in [6.45, 7) is 7.59. The maximum Gasteiger partial charge on any atom is 0.187 e. The second-order valence-corrected chi connectivity index (χ2v) is 6.97. The van der Waals surface area contributed by atoms with Gasteiger partial charge in [-0.1, -0.05) is 17.7 Å². The van der Waals surface area contributed by atoms with Crippen LogP contribution in [0.4, 0.5) is 10.8 Å². The van der Waals surface area contributed by atoms with Crippen molar-refractivity contribution in [1.29, 1.82) is 0 Å². The highest BCUT2D eigenvalue weighted by Gasteiger charge is 2.11. The second-order valence-electron chi connectivity index (χ2n) is 4.91. The van der Waals surface area contributed by atoms with Gasteiger partial charge in [0.15, 0.2) is 5.13 Å². The number of anilines is 2. The molecule has 0 bridgehead atoms. The van der Waals surface area contributed by atoms with E-state index >= 15 is 0 Å². The van der Waals surface area contributed by atoms with E-state index in [4.69, 9.17) is 4.79 Å². The number of aryl methyl sites for hydroxylation is 3. The Hall–Kier alpha value is -2.05. The fraction of sp³-hybridized carbons (Fsp3) is 0.235. The normalized spacial score (nSPS) is 9.91. The predicted molar refractivity (Wildman–Crippen MR) is 98.9 cm³/mol. The zero-order chi connectivity index (χ0) is 16.8. The quantitative estimate of drug-likeness (QED) is 0.668. The molecule has 0 spiro atoms. The highest BCUT2D eigenvalue weighted by Crippen LogP contribution is 2.32. The summed E-state index contributed by atoms with van der Waals surface area (Å²) in [4.78, 5) is 19.1. The molecule has 0 atom stereocenters. The van der Waals surface area contributed by atoms with Crippen molar-refractivity contribution in [2.75, 3.05) is 5.32 Å². The smallest absolute Gasteiger partial charge is 0.187 e. The van der Waals surface area contributed by atoms with Crippen LogP contribution in [-0.4, -0.2) is 16.3 Å². The van der Waals surface area contributed by atoms with Crippen molar-refractivity contribution in [1.82, 2.24) is 9.97 Å². The molecule has 0 aliphatic heterocycles. The Balaban J connectivity index is 0.000000595. The van der Waals surface area contributed by atoms with E-state index in [-0.39, 0.29) is 0 Å². The van der Waals surface area contributed by atoms with Crippen molar-refractivity contribution in [3.63, 3.8) is 0 Å². The van der Waals surface area contributed by atoms with E-state index in [2.05, 4.69) is 51.9 Å². The molecule has 0 saturated carbocycles. The number of aldehydes is 1. The molecule has 0 aliphatic rings. The number of hydrogen-bond donors (Lipinski definition) is 1. The lowest BCUT2D eigenvalue weighted by molar-refractivity contribution is -0.106. The molecule has 0 radical (unpaired) electrons. The van der Waals surface area contributed by atoms with Gasteiger partial charge in [0, 0.05) is 11.1 Å². The first-order chi connectivity index (χ1) is 11.0. The fourth-order valence-corrected chi connectivity index (χ4v) is 3.64. The third-order valence-electron chi connectivity index (χ3n) is 2.94. The number of carbonyl (C=O) groups excluding carboxylic acids is 1. The molecule has 6 heteroatoms. The van der Waals surface area contributed by atoms with E-state index in [0.29, 0.717) is 0 Å². The third kappa shape index (κ3) is 4.71. The summed E-state index contributed by atoms with van der Waals surface area (Å²) in [7, 11) is 0. The van der Waals surface area contributed by atoms with Crippen molar-refractivity contribution < 1.29 is 4.79 Å². The number of benzene rings is 1. The lowest BCUT2D eigenvalue weighted by atomic mass is 10.2. The minimum atomic E-state index is 0.750. The summed E-state index contributed by atoms with van der Waals surface area (Å²) in [5.74, 6) is 0. The largest absolute Gasteiger partial charge is 0.332 e. The van der Waals surface area contributed by atoms with Gasteiger partial charge >= 0.3 is 0 Å². The van der Waals surface area contributed by atoms with Crippen molar-refractivity contribution in [3.05, 3.63) is 45.9 Å². The fourth-order valence-electron chi connectivity index (χ4n) is 1.96. The maximum absolute atomic E-state index is 8.81. The molecule has 2 aromatic heterocycles. The van der Waals surface area contributed by atoms with Crippen LogP contribution in [0, 0.1) is 20.8 Å². The lowest BCUT2D eigenvalue weighted by Gasteiger charge is -2.02. The number of carbonyl (C=O) groups is 1. The molecule has 0 aliphatic carbocycles. The van der Waals surface area contributed by atoms with Crippen LogP contribution in [0.5, 0.6) is 0 Å². The van der Waals surface area contributed by atoms with E-state index in [0.717, 1.165) is 38.4 Å². The Labute approximate surface area is 144 Å². The topological polar surface area (TPSA) is 54.9 Å². The van der Waals surface area contributed by atoms with Crippen LogP contribution in [0.2, 0.25) is 0 Å². The van der Waals surface area contributed by atoms with Crippen molar-refractivity contribution in [2.24, 2.45) is 0 Å². The van der Waals surface area contributed by atoms with Crippen LogP contribution in [0.3, 0.4) is 0 Å². The van der Waals surface area contributed by atoms with Gasteiger partial charge in [-0.2, -0.15) is 0 Å². The Morgan fingerprint density at radius 1 is 1.09 bits per heavy atom. The average Bonchev–Trinajstić information content (AvgIpc) is 3.08. The molecule has 4 nitrogen and oxygen atoms in total. The first-order valence-electron chi connectivity index (χ1n) is 7.17. The van der Waals surface area contributed by atoms with Crippen LogP contribution < -0.4 is 5.32 Å². The Bertz CT molecular complexity index is 775. The number of nitrogens with zero attached hydrogens (tertiary/aromatic N) is 2. The minimum Gasteiger partial charge on any atom is -0.332 e. The second kappa shape index (κ2) is 7.99. The van der Waals surface area contributed by atoms with Gasteiger partial charge in [-0.3, -0.25) is 0 Å². The van der Waals surface area contributed by atoms with E-state index < -0.39 is 0 Å². The van der Waals surface area contributed by atoms with Gasteiger partial charge in [-0.25, -0.2) is 9.97 Å². The number of thiazole rings is 2. The van der Waals surface area contributed by atoms with Gasteiger partial charge in [0.05, 0.1) is 21.3 Å². The van der Waals surface area contributed by atoms with E-state index in [1.165, 1.54) is 12.5 Å². The molecular formula is C17H19N3OS2. The SMILES string of the molecule is CC=O.Cc1ccc(Nc2nc(-c3sc(C)nc3C)cs2)cc1. The number of hydrogen-bond acceptors (Lipinski definition) is 6. The van der Waals surface area contributed by atoms with Crippen molar-refractivity contribution >= 4 is 39.8 Å². The summed E-state index contributed by atoms with van der Waals surface area (Å²) in [6, 6.07) is 8.32. The summed E-state index contributed by atoms with van der Waals surface area (Å²) in [6.07, 6.45) is 0.750. The maximum atomic E-state index is 8.81. The van der Waals surface area contributed by atoms with E-state index in [9.17, 15) is 0 Å². The molecule has 3 rings (SSSR count). The molecule has 3 aromatic rings. The molecule has 0 fully saturated rings. The number of aromatic nitrogens is 2. The molecule has 2 heterocycles. The monoisotopic (exact) mass is 345 g/mol. The molecule has 1 N–H and O–H groups in total. The number of nitrogens with one attached hydrogen (secondary N) is 1. The highest BCUT2D eigenvalue weighted by molar-refractivity contribution is 7.16. The van der Waals surface area contributed by atoms with Crippen LogP contribution in [0.25, 0.3) is 10.6 Å². The van der Waals surface area contributed by atoms with Gasteiger partial charge in [0.1, 0.15) is 6.29 Å². The summed E-state index contributed by atoms with van der Waals surface area (Å²) in [5.41, 5.74) is 4.38. The molecule has 120 valence electrons. The molecule has 23 heavy (non-hydrogen) atoms. The zero-order valence-electron chi connectivity index (χ0n) is 13.6. The van der Waals surface area contributed by atoms with Gasteiger partial charge in [-0.15, -0.1) is 22.7 Å². The lowest BCUT2D eigenvalue weighted by Crippen LogP contribution is -1.89. The van der Waals surface area contributed by atoms with Crippen LogP contribution in [0.1, 0.15) is 23.2 Å². The Morgan fingerprint density at radius 3 is 2.30 bits per heavy atom. The predicted octanol–water partition coefficient (Wildman–Crippen LogP) is 5.14. The van der Waals surface area contributed by atoms with Crippen molar-refractivity contribution in [2.45, 2.75) is 27.7 Å². The zero-order valence-corrected chi connectivity index (χ0v) is 15.2. The van der Waals surface area contributed by atoms with Crippen molar-refractivity contribution in [3.8, 4) is 10.6 Å². The molecule has 0 amide bonds. The van der Waals surface area contributed by atoms with Gasteiger partial charge in [0.2, 0.25) is 0 Å². The summed E-state index contributed by atoms with van der Waals surface area (Å²) >= 11 is 3.31. The first kappa shape index (κ1) is 17.3. The molecule has 0 unspecified atom stereocenters. The molecule has 1 aromatic carbocycles. The van der Waals surface area contributed by atoms with E-state index in [1.54, 1.807) is 22.7 Å². The van der Waals surface area contributed by atoms with Gasteiger partial charge in [-0.05, 0) is 39.8 Å². The average molecular weight is 345 g/mol. The van der Waals surface area contributed by atoms with Gasteiger partial charge in [0.25, 0.3) is 0 Å². The highest BCUT2D eigenvalue weighted by atomic mass is 32.1.